The van der Waals surface area contributed by atoms with E-state index in [0.717, 1.165) is 5.69 Å². The number of hydrogen-bond donors (Lipinski definition) is 2. The van der Waals surface area contributed by atoms with Gasteiger partial charge >= 0.3 is 6.03 Å². The van der Waals surface area contributed by atoms with Gasteiger partial charge in [-0.2, -0.15) is 5.10 Å². The zero-order chi connectivity index (χ0) is 18.3. The third kappa shape index (κ3) is 3.12. The molecule has 132 valence electrons. The molecule has 8 nitrogen and oxygen atoms in total. The highest BCUT2D eigenvalue weighted by molar-refractivity contribution is 6.31. The fourth-order valence-corrected chi connectivity index (χ4v) is 3.17. The summed E-state index contributed by atoms with van der Waals surface area (Å²) in [6, 6.07) is 4.90. The molecule has 9 heteroatoms. The average Bonchev–Trinajstić information content (AvgIpc) is 2.92. The van der Waals surface area contributed by atoms with Gasteiger partial charge in [0.25, 0.3) is 5.91 Å². The molecule has 0 saturated heterocycles. The number of fused-ring (bicyclic) bond motifs is 1. The van der Waals surface area contributed by atoms with Crippen LogP contribution in [0.15, 0.2) is 18.2 Å². The van der Waals surface area contributed by atoms with E-state index in [1.54, 1.807) is 10.7 Å². The van der Waals surface area contributed by atoms with E-state index in [9.17, 15) is 9.59 Å². The summed E-state index contributed by atoms with van der Waals surface area (Å²) >= 11 is 6.22. The number of amides is 3. The number of aromatic nitrogens is 2. The van der Waals surface area contributed by atoms with E-state index in [4.69, 9.17) is 23.1 Å². The Morgan fingerprint density at radius 3 is 2.52 bits per heavy atom. The summed E-state index contributed by atoms with van der Waals surface area (Å²) < 4.78 is 1.70. The van der Waals surface area contributed by atoms with Gasteiger partial charge in [-0.1, -0.05) is 11.6 Å². The highest BCUT2D eigenvalue weighted by Gasteiger charge is 2.29. The van der Waals surface area contributed by atoms with Crippen molar-refractivity contribution in [3.05, 3.63) is 34.5 Å². The maximum atomic E-state index is 12.1. The molecule has 0 unspecified atom stereocenters. The predicted octanol–water partition coefficient (Wildman–Crippen LogP) is 1.26. The molecule has 0 atom stereocenters. The third-order valence-electron chi connectivity index (χ3n) is 4.21. The highest BCUT2D eigenvalue weighted by Crippen LogP contribution is 2.32. The zero-order valence-electron chi connectivity index (χ0n) is 14.0. The molecule has 2 aromatic rings. The molecule has 3 rings (SSSR count). The first-order valence-corrected chi connectivity index (χ1v) is 8.08. The number of halogens is 1. The summed E-state index contributed by atoms with van der Waals surface area (Å²) in [5, 5.41) is 5.07. The van der Waals surface area contributed by atoms with Crippen LogP contribution in [0.25, 0.3) is 11.3 Å². The largest absolute Gasteiger partial charge is 0.378 e. The molecule has 0 bridgehead atoms. The van der Waals surface area contributed by atoms with Gasteiger partial charge in [0, 0.05) is 36.9 Å². The second-order valence-electron chi connectivity index (χ2n) is 6.11. The molecule has 1 aliphatic rings. The van der Waals surface area contributed by atoms with Crippen molar-refractivity contribution in [2.45, 2.75) is 13.1 Å². The van der Waals surface area contributed by atoms with Crippen LogP contribution < -0.4 is 16.4 Å². The number of carbonyl (C=O) groups is 2. The topological polar surface area (TPSA) is 110 Å². The van der Waals surface area contributed by atoms with E-state index >= 15 is 0 Å². The Hall–Kier alpha value is -2.74. The van der Waals surface area contributed by atoms with Gasteiger partial charge in [0.1, 0.15) is 5.69 Å². The summed E-state index contributed by atoms with van der Waals surface area (Å²) in [4.78, 5) is 26.9. The minimum atomic E-state index is -0.603. The van der Waals surface area contributed by atoms with Gasteiger partial charge in [-0.25, -0.2) is 4.79 Å². The molecule has 0 saturated carbocycles. The fraction of sp³-hybridized carbons (Fsp3) is 0.312. The van der Waals surface area contributed by atoms with Gasteiger partial charge in [-0.15, -0.1) is 0 Å². The van der Waals surface area contributed by atoms with E-state index in [1.807, 2.05) is 31.1 Å². The van der Waals surface area contributed by atoms with Crippen LogP contribution in [0.2, 0.25) is 5.02 Å². The second-order valence-corrected chi connectivity index (χ2v) is 6.55. The minimum Gasteiger partial charge on any atom is -0.378 e. The van der Waals surface area contributed by atoms with Gasteiger partial charge in [0.05, 0.1) is 24.3 Å². The number of primary amides is 2. The molecular weight excluding hydrogens is 344 g/mol. The predicted molar refractivity (Wildman–Crippen MR) is 95.5 cm³/mol. The molecular formula is C16H19ClN6O2. The Kier molecular flexibility index (Phi) is 4.30. The molecule has 3 amide bonds. The summed E-state index contributed by atoms with van der Waals surface area (Å²) in [6.07, 6.45) is 0. The molecule has 1 aliphatic heterocycles. The first-order valence-electron chi connectivity index (χ1n) is 7.70. The number of anilines is 1. The minimum absolute atomic E-state index is 0.196. The van der Waals surface area contributed by atoms with E-state index in [-0.39, 0.29) is 12.1 Å². The Bertz CT molecular complexity index is 861. The van der Waals surface area contributed by atoms with Crippen LogP contribution in [0.5, 0.6) is 0 Å². The first-order chi connectivity index (χ1) is 11.8. The van der Waals surface area contributed by atoms with E-state index in [0.29, 0.717) is 35.1 Å². The molecule has 0 fully saturated rings. The lowest BCUT2D eigenvalue weighted by atomic mass is 10.0. The van der Waals surface area contributed by atoms with E-state index < -0.39 is 11.9 Å². The quantitative estimate of drug-likeness (QED) is 0.856. The number of carbonyl (C=O) groups excluding carboxylic acids is 2. The van der Waals surface area contributed by atoms with Crippen molar-refractivity contribution in [1.82, 2.24) is 14.7 Å². The maximum absolute atomic E-state index is 12.1. The third-order valence-corrected chi connectivity index (χ3v) is 4.43. The lowest BCUT2D eigenvalue weighted by Crippen LogP contribution is -2.42. The van der Waals surface area contributed by atoms with Gasteiger partial charge in [0.15, 0.2) is 0 Å². The standard InChI is InChI=1S/C16H19ClN6O2/c1-21(2)11-6-9(5-10(17)7-11)14-13(15(18)24)12-8-22(16(19)25)3-4-23(12)20-14/h5-7H,3-4,8H2,1-2H3,(H2,18,24)(H2,19,25). The Balaban J connectivity index is 2.16. The van der Waals surface area contributed by atoms with Crippen LogP contribution in [0.4, 0.5) is 10.5 Å². The average molecular weight is 363 g/mol. The van der Waals surface area contributed by atoms with Crippen molar-refractivity contribution >= 4 is 29.2 Å². The first kappa shape index (κ1) is 17.1. The Morgan fingerprint density at radius 2 is 1.92 bits per heavy atom. The highest BCUT2D eigenvalue weighted by atomic mass is 35.5. The van der Waals surface area contributed by atoms with Crippen molar-refractivity contribution in [3.8, 4) is 11.3 Å². The molecule has 4 N–H and O–H groups in total. The van der Waals surface area contributed by atoms with Crippen LogP contribution in [-0.4, -0.2) is 47.3 Å². The molecule has 1 aromatic carbocycles. The van der Waals surface area contributed by atoms with Crippen molar-refractivity contribution in [2.24, 2.45) is 11.5 Å². The molecule has 1 aromatic heterocycles. The van der Waals surface area contributed by atoms with Gasteiger partial charge in [-0.05, 0) is 18.2 Å². The van der Waals surface area contributed by atoms with Crippen LogP contribution in [0.3, 0.4) is 0 Å². The van der Waals surface area contributed by atoms with E-state index in [2.05, 4.69) is 5.10 Å². The maximum Gasteiger partial charge on any atom is 0.315 e. The Morgan fingerprint density at radius 1 is 1.20 bits per heavy atom. The second kappa shape index (κ2) is 6.29. The SMILES string of the molecule is CN(C)c1cc(Cl)cc(-c2nn3c(c2C(N)=O)CN(C(N)=O)CC3)c1. The number of urea groups is 1. The number of rotatable bonds is 3. The normalized spacial score (nSPS) is 13.5. The smallest absolute Gasteiger partial charge is 0.315 e. The fourth-order valence-electron chi connectivity index (χ4n) is 2.94. The summed E-state index contributed by atoms with van der Waals surface area (Å²) in [7, 11) is 3.79. The molecule has 0 aliphatic carbocycles. The number of benzene rings is 1. The van der Waals surface area contributed by atoms with Crippen molar-refractivity contribution in [3.63, 3.8) is 0 Å². The summed E-state index contributed by atoms with van der Waals surface area (Å²) in [5.74, 6) is -0.603. The van der Waals surface area contributed by atoms with E-state index in [1.165, 1.54) is 4.90 Å². The van der Waals surface area contributed by atoms with Crippen LogP contribution in [0.1, 0.15) is 16.1 Å². The molecule has 25 heavy (non-hydrogen) atoms. The number of nitrogens with zero attached hydrogens (tertiary/aromatic N) is 4. The molecule has 2 heterocycles. The van der Waals surface area contributed by atoms with Crippen LogP contribution in [0, 0.1) is 0 Å². The van der Waals surface area contributed by atoms with Crippen molar-refractivity contribution in [2.75, 3.05) is 25.5 Å². The Labute approximate surface area is 149 Å². The van der Waals surface area contributed by atoms with Crippen LogP contribution >= 0.6 is 11.6 Å². The van der Waals surface area contributed by atoms with Gasteiger partial charge in [0.2, 0.25) is 0 Å². The van der Waals surface area contributed by atoms with Gasteiger partial charge < -0.3 is 21.3 Å². The van der Waals surface area contributed by atoms with Gasteiger partial charge in [-0.3, -0.25) is 9.48 Å². The van der Waals surface area contributed by atoms with Crippen LogP contribution in [-0.2, 0) is 13.1 Å². The number of hydrogen-bond acceptors (Lipinski definition) is 4. The lowest BCUT2D eigenvalue weighted by molar-refractivity contribution is 0.0997. The summed E-state index contributed by atoms with van der Waals surface area (Å²) in [5.41, 5.74) is 13.9. The monoisotopic (exact) mass is 362 g/mol. The van der Waals surface area contributed by atoms with Crippen molar-refractivity contribution in [1.29, 1.82) is 0 Å². The number of nitrogens with two attached hydrogens (primary N) is 2. The molecule has 0 spiro atoms. The summed E-state index contributed by atoms with van der Waals surface area (Å²) in [6.45, 7) is 1.07. The molecule has 0 radical (unpaired) electrons. The zero-order valence-corrected chi connectivity index (χ0v) is 14.7. The van der Waals surface area contributed by atoms with Crippen molar-refractivity contribution < 1.29 is 9.59 Å². The lowest BCUT2D eigenvalue weighted by Gasteiger charge is -2.26.